The molecule has 0 aliphatic heterocycles. The molecule has 0 bridgehead atoms. The summed E-state index contributed by atoms with van der Waals surface area (Å²) in [6.45, 7) is 3.79. The van der Waals surface area contributed by atoms with Crippen molar-refractivity contribution in [3.63, 3.8) is 0 Å². The minimum Gasteiger partial charge on any atom is -0.323 e. The van der Waals surface area contributed by atoms with Crippen LogP contribution in [-0.2, 0) is 4.79 Å². The number of hydrogen-bond acceptors (Lipinski definition) is 2. The number of anilines is 1. The van der Waals surface area contributed by atoms with Crippen LogP contribution in [0.1, 0.15) is 13.8 Å². The van der Waals surface area contributed by atoms with E-state index < -0.39 is 0 Å². The number of amides is 1. The number of benzene rings is 2. The molecule has 0 unspecified atom stereocenters. The number of hydrogen-bond donors (Lipinski definition) is 1. The third-order valence-electron chi connectivity index (χ3n) is 3.28. The lowest BCUT2D eigenvalue weighted by atomic mass is 10.2. The molecule has 3 aromatic rings. The summed E-state index contributed by atoms with van der Waals surface area (Å²) in [6.07, 6.45) is 3.43. The van der Waals surface area contributed by atoms with Crippen molar-refractivity contribution in [2.45, 2.75) is 13.8 Å². The van der Waals surface area contributed by atoms with Gasteiger partial charge in [0.05, 0.1) is 17.4 Å². The first-order valence-electron chi connectivity index (χ1n) is 7.12. The molecule has 1 heterocycles. The van der Waals surface area contributed by atoms with E-state index >= 15 is 0 Å². The maximum Gasteiger partial charge on any atom is 0.248 e. The number of carbonyl (C=O) groups is 1. The molecule has 4 nitrogen and oxygen atoms in total. The van der Waals surface area contributed by atoms with Gasteiger partial charge in [-0.2, -0.15) is 5.10 Å². The van der Waals surface area contributed by atoms with Gasteiger partial charge >= 0.3 is 0 Å². The van der Waals surface area contributed by atoms with Gasteiger partial charge in [0.1, 0.15) is 0 Å². The number of rotatable bonds is 3. The van der Waals surface area contributed by atoms with Crippen LogP contribution in [0.25, 0.3) is 16.6 Å². The zero-order valence-electron chi connectivity index (χ0n) is 12.6. The monoisotopic (exact) mass is 291 g/mol. The van der Waals surface area contributed by atoms with Crippen LogP contribution < -0.4 is 5.32 Å². The van der Waals surface area contributed by atoms with Crippen LogP contribution in [0.15, 0.2) is 66.4 Å². The van der Waals surface area contributed by atoms with Crippen LogP contribution >= 0.6 is 0 Å². The molecule has 110 valence electrons. The van der Waals surface area contributed by atoms with Gasteiger partial charge in [-0.25, -0.2) is 4.68 Å². The van der Waals surface area contributed by atoms with Crippen molar-refractivity contribution in [1.82, 2.24) is 9.78 Å². The second-order valence-corrected chi connectivity index (χ2v) is 5.37. The van der Waals surface area contributed by atoms with Gasteiger partial charge in [0.25, 0.3) is 0 Å². The van der Waals surface area contributed by atoms with E-state index in [0.29, 0.717) is 0 Å². The molecule has 4 heteroatoms. The highest BCUT2D eigenvalue weighted by Gasteiger charge is 2.04. The average Bonchev–Trinajstić information content (AvgIpc) is 2.91. The molecule has 1 amide bonds. The molecular weight excluding hydrogens is 274 g/mol. The van der Waals surface area contributed by atoms with Crippen LogP contribution in [0.4, 0.5) is 5.69 Å². The molecule has 2 aromatic carbocycles. The van der Waals surface area contributed by atoms with E-state index in [9.17, 15) is 4.79 Å². The third kappa shape index (κ3) is 2.91. The summed E-state index contributed by atoms with van der Waals surface area (Å²) in [4.78, 5) is 11.7. The topological polar surface area (TPSA) is 46.9 Å². The smallest absolute Gasteiger partial charge is 0.248 e. The Morgan fingerprint density at radius 1 is 1.09 bits per heavy atom. The summed E-state index contributed by atoms with van der Waals surface area (Å²) in [7, 11) is 0. The Morgan fingerprint density at radius 2 is 1.82 bits per heavy atom. The fourth-order valence-corrected chi connectivity index (χ4v) is 2.30. The average molecular weight is 291 g/mol. The van der Waals surface area contributed by atoms with E-state index in [1.807, 2.05) is 73.3 Å². The molecule has 0 radical (unpaired) electrons. The maximum absolute atomic E-state index is 11.7. The van der Waals surface area contributed by atoms with Crippen LogP contribution in [-0.4, -0.2) is 15.7 Å². The predicted molar refractivity (Wildman–Crippen MR) is 89.1 cm³/mol. The van der Waals surface area contributed by atoms with Gasteiger partial charge in [-0.1, -0.05) is 23.8 Å². The first-order valence-corrected chi connectivity index (χ1v) is 7.12. The van der Waals surface area contributed by atoms with Gasteiger partial charge in [-0.05, 0) is 44.2 Å². The summed E-state index contributed by atoms with van der Waals surface area (Å²) >= 11 is 0. The first-order chi connectivity index (χ1) is 10.6. The summed E-state index contributed by atoms with van der Waals surface area (Å²) in [6, 6.07) is 15.7. The summed E-state index contributed by atoms with van der Waals surface area (Å²) in [5.41, 5.74) is 3.75. The van der Waals surface area contributed by atoms with Crippen molar-refractivity contribution in [2.24, 2.45) is 0 Å². The molecule has 0 aliphatic rings. The second kappa shape index (κ2) is 5.85. The van der Waals surface area contributed by atoms with Gasteiger partial charge in [-0.3, -0.25) is 4.79 Å². The molecule has 22 heavy (non-hydrogen) atoms. The largest absolute Gasteiger partial charge is 0.323 e. The molecule has 1 aromatic heterocycles. The molecule has 0 aliphatic carbocycles. The fourth-order valence-electron chi connectivity index (χ4n) is 2.30. The number of aromatic nitrogens is 2. The van der Waals surface area contributed by atoms with Crippen molar-refractivity contribution in [3.8, 4) is 5.69 Å². The van der Waals surface area contributed by atoms with E-state index in [4.69, 9.17) is 0 Å². The molecule has 0 saturated heterocycles. The van der Waals surface area contributed by atoms with Crippen molar-refractivity contribution >= 4 is 22.5 Å². The highest BCUT2D eigenvalue weighted by atomic mass is 16.1. The van der Waals surface area contributed by atoms with Gasteiger partial charge in [0, 0.05) is 17.1 Å². The van der Waals surface area contributed by atoms with Gasteiger partial charge in [0.2, 0.25) is 5.91 Å². The van der Waals surface area contributed by atoms with Gasteiger partial charge in [-0.15, -0.1) is 0 Å². The van der Waals surface area contributed by atoms with Crippen LogP contribution in [0.5, 0.6) is 0 Å². The first kappa shape index (κ1) is 14.1. The minimum atomic E-state index is -0.114. The number of carbonyl (C=O) groups excluding carboxylic acids is 1. The van der Waals surface area contributed by atoms with Crippen molar-refractivity contribution in [2.75, 3.05) is 5.32 Å². The minimum absolute atomic E-state index is 0.114. The Balaban J connectivity index is 1.85. The Kier molecular flexibility index (Phi) is 3.74. The van der Waals surface area contributed by atoms with Crippen molar-refractivity contribution in [1.29, 1.82) is 0 Å². The van der Waals surface area contributed by atoms with Crippen LogP contribution in [0.3, 0.4) is 0 Å². The molecule has 0 saturated carbocycles. The summed E-state index contributed by atoms with van der Waals surface area (Å²) < 4.78 is 1.89. The molecule has 0 atom stereocenters. The van der Waals surface area contributed by atoms with E-state index in [1.165, 1.54) is 0 Å². The maximum atomic E-state index is 11.7. The number of nitrogens with one attached hydrogen (secondary N) is 1. The predicted octanol–water partition coefficient (Wildman–Crippen LogP) is 3.93. The van der Waals surface area contributed by atoms with E-state index in [1.54, 1.807) is 6.08 Å². The molecular formula is C18H17N3O. The molecule has 1 N–H and O–H groups in total. The highest BCUT2D eigenvalue weighted by Crippen LogP contribution is 2.19. The van der Waals surface area contributed by atoms with Gasteiger partial charge in [0.15, 0.2) is 0 Å². The van der Waals surface area contributed by atoms with E-state index in [0.717, 1.165) is 27.9 Å². The number of nitrogens with zero attached hydrogens (tertiary/aromatic N) is 2. The third-order valence-corrected chi connectivity index (χ3v) is 3.28. The number of fused-ring (bicyclic) bond motifs is 1. The Bertz CT molecular complexity index is 840. The lowest BCUT2D eigenvalue weighted by Crippen LogP contribution is -2.08. The Morgan fingerprint density at radius 3 is 2.55 bits per heavy atom. The molecule has 0 spiro atoms. The summed E-state index contributed by atoms with van der Waals surface area (Å²) in [5, 5.41) is 8.35. The quantitative estimate of drug-likeness (QED) is 0.743. The lowest BCUT2D eigenvalue weighted by Gasteiger charge is -2.06. The van der Waals surface area contributed by atoms with Gasteiger partial charge < -0.3 is 5.32 Å². The van der Waals surface area contributed by atoms with E-state index in [-0.39, 0.29) is 5.91 Å². The van der Waals surface area contributed by atoms with Crippen molar-refractivity contribution in [3.05, 3.63) is 66.4 Å². The second-order valence-electron chi connectivity index (χ2n) is 5.37. The van der Waals surface area contributed by atoms with E-state index in [2.05, 4.69) is 10.4 Å². The standard InChI is InChI=1S/C18H17N3O/c1-13(2)11-18(22)20-15-7-9-16(10-8-15)21-17-6-4-3-5-14(17)12-19-21/h3-12H,1-2H3,(H,20,22). The zero-order chi connectivity index (χ0) is 15.5. The highest BCUT2D eigenvalue weighted by molar-refractivity contribution is 5.99. The number of para-hydroxylation sites is 1. The van der Waals surface area contributed by atoms with Crippen molar-refractivity contribution < 1.29 is 4.79 Å². The SMILES string of the molecule is CC(C)=CC(=O)Nc1ccc(-n2ncc3ccccc32)cc1. The fraction of sp³-hybridized carbons (Fsp3) is 0.111. The normalized spacial score (nSPS) is 10.5. The number of allylic oxidation sites excluding steroid dienone is 1. The Labute approximate surface area is 129 Å². The molecule has 0 fully saturated rings. The van der Waals surface area contributed by atoms with Crippen LogP contribution in [0, 0.1) is 0 Å². The summed E-state index contributed by atoms with van der Waals surface area (Å²) in [5.74, 6) is -0.114. The molecule has 3 rings (SSSR count). The van der Waals surface area contributed by atoms with Crippen LogP contribution in [0.2, 0.25) is 0 Å². The zero-order valence-corrected chi connectivity index (χ0v) is 12.6. The lowest BCUT2D eigenvalue weighted by molar-refractivity contribution is -0.111. The Hall–Kier alpha value is -2.88.